The van der Waals surface area contributed by atoms with E-state index >= 15 is 0 Å². The van der Waals surface area contributed by atoms with E-state index in [0.29, 0.717) is 19.7 Å². The predicted molar refractivity (Wildman–Crippen MR) is 83.8 cm³/mol. The third-order valence-electron chi connectivity index (χ3n) is 4.01. The fourth-order valence-electron chi connectivity index (χ4n) is 2.84. The minimum absolute atomic E-state index is 0.0261. The Kier molecular flexibility index (Phi) is 4.24. The van der Waals surface area contributed by atoms with Crippen molar-refractivity contribution in [3.05, 3.63) is 52.3 Å². The van der Waals surface area contributed by atoms with Crippen LogP contribution in [0.4, 0.5) is 0 Å². The average Bonchev–Trinajstić information content (AvgIpc) is 2.90. The zero-order chi connectivity index (χ0) is 15.5. The van der Waals surface area contributed by atoms with E-state index < -0.39 is 0 Å². The van der Waals surface area contributed by atoms with Crippen molar-refractivity contribution in [3.63, 3.8) is 0 Å². The Morgan fingerprint density at radius 2 is 2.27 bits per heavy atom. The number of hydrogen-bond donors (Lipinski definition) is 1. The molecule has 1 amide bonds. The summed E-state index contributed by atoms with van der Waals surface area (Å²) in [5.74, 6) is -0.0261. The predicted octanol–water partition coefficient (Wildman–Crippen LogP) is 2.00. The minimum atomic E-state index is -0.0261. The molecule has 1 aromatic heterocycles. The first-order valence-electron chi connectivity index (χ1n) is 7.62. The van der Waals surface area contributed by atoms with Gasteiger partial charge >= 0.3 is 0 Å². The Hall–Kier alpha value is -2.14. The second-order valence-corrected chi connectivity index (χ2v) is 5.72. The van der Waals surface area contributed by atoms with E-state index in [4.69, 9.17) is 4.74 Å². The third-order valence-corrected chi connectivity index (χ3v) is 4.01. The van der Waals surface area contributed by atoms with Gasteiger partial charge in [0.15, 0.2) is 0 Å². The Balaban J connectivity index is 1.59. The summed E-state index contributed by atoms with van der Waals surface area (Å²) in [6, 6.07) is 5.87. The Bertz CT molecular complexity index is 691. The lowest BCUT2D eigenvalue weighted by Gasteiger charge is -2.15. The SMILES string of the molecule is Cc1ccc(C(=O)NCCn2ncc3c2CCOC3)c(C)c1. The van der Waals surface area contributed by atoms with Crippen LogP contribution in [-0.2, 0) is 24.3 Å². The van der Waals surface area contributed by atoms with E-state index in [-0.39, 0.29) is 5.91 Å². The van der Waals surface area contributed by atoms with Gasteiger partial charge in [0.1, 0.15) is 0 Å². The number of aryl methyl sites for hydroxylation is 2. The van der Waals surface area contributed by atoms with Gasteiger partial charge in [0, 0.05) is 29.8 Å². The Morgan fingerprint density at radius 1 is 1.41 bits per heavy atom. The quantitative estimate of drug-likeness (QED) is 0.939. The van der Waals surface area contributed by atoms with Gasteiger partial charge in [-0.2, -0.15) is 5.10 Å². The number of fused-ring (bicyclic) bond motifs is 1. The monoisotopic (exact) mass is 299 g/mol. The maximum atomic E-state index is 12.2. The third kappa shape index (κ3) is 3.04. The number of benzene rings is 1. The second kappa shape index (κ2) is 6.32. The fraction of sp³-hybridized carbons (Fsp3) is 0.412. The van der Waals surface area contributed by atoms with E-state index in [2.05, 4.69) is 10.4 Å². The summed E-state index contributed by atoms with van der Waals surface area (Å²) >= 11 is 0. The molecule has 22 heavy (non-hydrogen) atoms. The highest BCUT2D eigenvalue weighted by Crippen LogP contribution is 2.15. The van der Waals surface area contributed by atoms with Crippen molar-refractivity contribution in [2.45, 2.75) is 33.4 Å². The van der Waals surface area contributed by atoms with Crippen LogP contribution < -0.4 is 5.32 Å². The van der Waals surface area contributed by atoms with Crippen LogP contribution in [0.5, 0.6) is 0 Å². The van der Waals surface area contributed by atoms with Crippen LogP contribution in [-0.4, -0.2) is 28.8 Å². The molecule has 1 aliphatic heterocycles. The number of carbonyl (C=O) groups is 1. The van der Waals surface area contributed by atoms with Gasteiger partial charge in [-0.3, -0.25) is 9.48 Å². The van der Waals surface area contributed by atoms with Crippen molar-refractivity contribution in [2.75, 3.05) is 13.2 Å². The summed E-state index contributed by atoms with van der Waals surface area (Å²) in [4.78, 5) is 12.2. The normalized spacial score (nSPS) is 13.7. The first-order valence-corrected chi connectivity index (χ1v) is 7.62. The molecule has 5 heteroatoms. The molecule has 0 unspecified atom stereocenters. The fourth-order valence-corrected chi connectivity index (χ4v) is 2.84. The minimum Gasteiger partial charge on any atom is -0.376 e. The van der Waals surface area contributed by atoms with Gasteiger partial charge in [0.2, 0.25) is 0 Å². The standard InChI is InChI=1S/C17H21N3O2/c1-12-3-4-15(13(2)9-12)17(21)18-6-7-20-16-5-8-22-11-14(16)10-19-20/h3-4,9-10H,5-8,11H2,1-2H3,(H,18,21). The molecule has 2 aromatic rings. The van der Waals surface area contributed by atoms with Crippen molar-refractivity contribution < 1.29 is 9.53 Å². The molecule has 2 heterocycles. The van der Waals surface area contributed by atoms with Crippen LogP contribution in [0.25, 0.3) is 0 Å². The zero-order valence-electron chi connectivity index (χ0n) is 13.1. The van der Waals surface area contributed by atoms with Gasteiger partial charge in [-0.1, -0.05) is 17.7 Å². The van der Waals surface area contributed by atoms with E-state index in [1.165, 1.54) is 11.3 Å². The van der Waals surface area contributed by atoms with E-state index in [0.717, 1.165) is 29.7 Å². The van der Waals surface area contributed by atoms with Crippen LogP contribution in [0.3, 0.4) is 0 Å². The average molecular weight is 299 g/mol. The van der Waals surface area contributed by atoms with Crippen LogP contribution >= 0.6 is 0 Å². The zero-order valence-corrected chi connectivity index (χ0v) is 13.1. The lowest BCUT2D eigenvalue weighted by Crippen LogP contribution is -2.29. The van der Waals surface area contributed by atoms with E-state index in [1.807, 2.05) is 42.9 Å². The highest BCUT2D eigenvalue weighted by Gasteiger charge is 2.15. The highest BCUT2D eigenvalue weighted by molar-refractivity contribution is 5.95. The van der Waals surface area contributed by atoms with Crippen molar-refractivity contribution in [2.24, 2.45) is 0 Å². The number of amides is 1. The number of nitrogens with zero attached hydrogens (tertiary/aromatic N) is 2. The number of hydrogen-bond acceptors (Lipinski definition) is 3. The highest BCUT2D eigenvalue weighted by atomic mass is 16.5. The lowest BCUT2D eigenvalue weighted by molar-refractivity contribution is 0.0949. The first kappa shape index (κ1) is 14.8. The van der Waals surface area contributed by atoms with Gasteiger partial charge in [-0.05, 0) is 25.5 Å². The van der Waals surface area contributed by atoms with Crippen LogP contribution in [0.1, 0.15) is 32.7 Å². The Morgan fingerprint density at radius 3 is 3.09 bits per heavy atom. The molecular weight excluding hydrogens is 278 g/mol. The molecule has 0 saturated carbocycles. The van der Waals surface area contributed by atoms with Gasteiger partial charge in [0.25, 0.3) is 5.91 Å². The van der Waals surface area contributed by atoms with Crippen LogP contribution in [0.2, 0.25) is 0 Å². The largest absolute Gasteiger partial charge is 0.376 e. The van der Waals surface area contributed by atoms with E-state index in [1.54, 1.807) is 0 Å². The Labute approximate surface area is 130 Å². The number of carbonyl (C=O) groups excluding carboxylic acids is 1. The maximum absolute atomic E-state index is 12.2. The number of rotatable bonds is 4. The van der Waals surface area contributed by atoms with Gasteiger partial charge in [0.05, 0.1) is 26.0 Å². The van der Waals surface area contributed by atoms with Crippen molar-refractivity contribution in [1.82, 2.24) is 15.1 Å². The molecule has 0 fully saturated rings. The molecule has 1 N–H and O–H groups in total. The molecule has 5 nitrogen and oxygen atoms in total. The van der Waals surface area contributed by atoms with Crippen molar-refractivity contribution in [1.29, 1.82) is 0 Å². The molecule has 1 aliphatic rings. The molecular formula is C17H21N3O2. The van der Waals surface area contributed by atoms with Crippen LogP contribution in [0.15, 0.2) is 24.4 Å². The molecule has 3 rings (SSSR count). The van der Waals surface area contributed by atoms with Gasteiger partial charge in [-0.15, -0.1) is 0 Å². The summed E-state index contributed by atoms with van der Waals surface area (Å²) in [6.45, 7) is 6.63. The summed E-state index contributed by atoms with van der Waals surface area (Å²) in [7, 11) is 0. The van der Waals surface area contributed by atoms with Crippen molar-refractivity contribution in [3.8, 4) is 0 Å². The first-order chi connectivity index (χ1) is 10.6. The maximum Gasteiger partial charge on any atom is 0.251 e. The number of aromatic nitrogens is 2. The summed E-state index contributed by atoms with van der Waals surface area (Å²) in [5, 5.41) is 7.36. The number of ether oxygens (including phenoxy) is 1. The van der Waals surface area contributed by atoms with Crippen molar-refractivity contribution >= 4 is 5.91 Å². The van der Waals surface area contributed by atoms with E-state index in [9.17, 15) is 4.79 Å². The molecule has 116 valence electrons. The topological polar surface area (TPSA) is 56.2 Å². The summed E-state index contributed by atoms with van der Waals surface area (Å²) < 4.78 is 7.38. The second-order valence-electron chi connectivity index (χ2n) is 5.72. The van der Waals surface area contributed by atoms with Gasteiger partial charge in [-0.25, -0.2) is 0 Å². The summed E-state index contributed by atoms with van der Waals surface area (Å²) in [6.07, 6.45) is 2.75. The number of nitrogens with one attached hydrogen (secondary N) is 1. The lowest BCUT2D eigenvalue weighted by atomic mass is 10.1. The van der Waals surface area contributed by atoms with Crippen LogP contribution in [0, 0.1) is 13.8 Å². The molecule has 0 radical (unpaired) electrons. The molecule has 1 aromatic carbocycles. The molecule has 0 saturated heterocycles. The summed E-state index contributed by atoms with van der Waals surface area (Å²) in [5.41, 5.74) is 5.30. The molecule has 0 spiro atoms. The molecule has 0 aliphatic carbocycles. The molecule has 0 bridgehead atoms. The van der Waals surface area contributed by atoms with Gasteiger partial charge < -0.3 is 10.1 Å². The molecule has 0 atom stereocenters. The smallest absolute Gasteiger partial charge is 0.251 e.